The summed E-state index contributed by atoms with van der Waals surface area (Å²) >= 11 is 6.34. The summed E-state index contributed by atoms with van der Waals surface area (Å²) in [5.74, 6) is 1.70. The maximum atomic E-state index is 12.3. The fraction of sp³-hybridized carbons (Fsp3) is 0.256. The minimum atomic E-state index is -1.18. The van der Waals surface area contributed by atoms with Crippen molar-refractivity contribution in [2.75, 3.05) is 53.6 Å². The van der Waals surface area contributed by atoms with Gasteiger partial charge in [-0.3, -0.25) is 29.3 Å². The van der Waals surface area contributed by atoms with Crippen molar-refractivity contribution in [1.29, 1.82) is 0 Å². The van der Waals surface area contributed by atoms with E-state index in [9.17, 15) is 44.0 Å². The van der Waals surface area contributed by atoms with Crippen LogP contribution in [0.2, 0.25) is 0 Å². The molecule has 0 radical (unpaired) electrons. The lowest BCUT2D eigenvalue weighted by Gasteiger charge is -2.32. The lowest BCUT2D eigenvalue weighted by molar-refractivity contribution is -0.490. The molecule has 4 aliphatic heterocycles. The second-order valence-corrected chi connectivity index (χ2v) is 29.3. The zero-order valence-electron chi connectivity index (χ0n) is 66.8. The van der Waals surface area contributed by atoms with Crippen LogP contribution in [0.4, 0.5) is 4.39 Å². The zero-order chi connectivity index (χ0) is 87.3. The Kier molecular flexibility index (Phi) is 39.3. The molecule has 14 rings (SSSR count). The van der Waals surface area contributed by atoms with Crippen molar-refractivity contribution in [3.05, 3.63) is 311 Å². The van der Waals surface area contributed by atoms with E-state index in [1.54, 1.807) is 78.9 Å². The third kappa shape index (κ3) is 30.6. The van der Waals surface area contributed by atoms with Crippen molar-refractivity contribution in [3.8, 4) is 28.7 Å². The van der Waals surface area contributed by atoms with Gasteiger partial charge >= 0.3 is 28.5 Å². The number of benzene rings is 10. The van der Waals surface area contributed by atoms with Crippen molar-refractivity contribution < 1.29 is 120 Å². The largest absolute Gasteiger partial charge is 0.495 e. The van der Waals surface area contributed by atoms with Gasteiger partial charge in [-0.05, 0) is 211 Å². The monoisotopic (exact) mass is 1790 g/mol. The number of ether oxygens (including phenoxy) is 9. The number of hydrogen-bond acceptors (Lipinski definition) is 26. The first-order valence-electron chi connectivity index (χ1n) is 37.7. The smallest absolute Gasteiger partial charge is 0.481 e. The molecule has 4 aliphatic rings. The third-order valence-corrected chi connectivity index (χ3v) is 19.8. The summed E-state index contributed by atoms with van der Waals surface area (Å²) in [5, 5.41) is 56.0. The van der Waals surface area contributed by atoms with Gasteiger partial charge in [-0.2, -0.15) is 0 Å². The van der Waals surface area contributed by atoms with Crippen LogP contribution in [0.3, 0.4) is 0 Å². The Labute approximate surface area is 717 Å². The molecule has 28 nitrogen and oxygen atoms in total. The normalized spacial score (nSPS) is 15.1. The molecule has 0 amide bonds. The molecule has 0 saturated carbocycles. The van der Waals surface area contributed by atoms with E-state index < -0.39 is 63.5 Å². The highest BCUT2D eigenvalue weighted by molar-refractivity contribution is 9.10. The number of rotatable bonds is 30. The predicted molar refractivity (Wildman–Crippen MR) is 458 cm³/mol. The van der Waals surface area contributed by atoms with Crippen LogP contribution in [0, 0.1) is 15.9 Å². The SMILES string of the molecule is CC(=O)O.CC1(C)OB(c2cc(OCOCc3ccccc3)ccc2C=O)OC1(C)C.NCC1OB(O)c2cc(OCO)ccc21.NCC1OB(O)c2cc(OCOCc3ccccc3)ccc21.O=Cc1ccc(F)cc1Br.O=Cc1ccc(OCOCc2ccccc2)cc1Br.O=[N+]([O-])CC1OB(O)c2cc(OCOCc3ccccc3)ccc21. The van der Waals surface area contributed by atoms with Crippen LogP contribution >= 0.6 is 31.9 Å². The number of aliphatic hydroxyl groups is 1. The first-order chi connectivity index (χ1) is 58.2. The van der Waals surface area contributed by atoms with E-state index >= 15 is 0 Å². The summed E-state index contributed by atoms with van der Waals surface area (Å²) in [4.78, 5) is 51.5. The standard InChI is InChI=1S/C21H25BO5.C16H16BNO6.C16H18BNO4.C15H13BrO3.C9H12BNO4.C7H4BrFO.C2H4O2/c1-20(2)21(3,4)27-22(26-20)19-12-18(11-10-17(19)13-23)25-15-24-14-16-8-6-5-7-9-16;19-17-15-8-13(6-7-14(15)16(24-17)9-18(20)21)23-11-22-10-12-4-2-1-3-5-12;18-9-16-14-7-6-13(8-15(14)17(19)22-16)21-11-20-10-12-4-2-1-3-5-12;16-15-8-14(7-6-13(15)9-17)19-11-18-10-12-4-2-1-3-5-12;11-4-9-7-2-1-6(14-5-12)3-8(7)10(13)15-9;8-7-3-6(9)2-1-5(7)4-10;1-2(3)4/h5-13H,14-15H2,1-4H3;1-8,16,19H,9-11H2;1-8,16,19H,9-11,18H2;1-9H,10-11H2;1-3,9,12-13H,4-5,11H2;1-4H;1H3,(H,3,4). The summed E-state index contributed by atoms with van der Waals surface area (Å²) in [6, 6.07) is 69.3. The van der Waals surface area contributed by atoms with Crippen molar-refractivity contribution in [3.63, 3.8) is 0 Å². The van der Waals surface area contributed by atoms with Crippen LogP contribution in [0.25, 0.3) is 0 Å². The first kappa shape index (κ1) is 96.1. The number of aldehydes is 3. The molecule has 35 heteroatoms. The van der Waals surface area contributed by atoms with E-state index in [4.69, 9.17) is 92.4 Å². The van der Waals surface area contributed by atoms with Gasteiger partial charge in [0.05, 0.1) is 49.8 Å². The average molecular weight is 1790 g/mol. The van der Waals surface area contributed by atoms with Gasteiger partial charge in [0.15, 0.2) is 46.5 Å². The minimum absolute atomic E-state index is 0.0585. The number of halogens is 3. The summed E-state index contributed by atoms with van der Waals surface area (Å²) in [6.45, 7) is 11.3. The van der Waals surface area contributed by atoms with Crippen molar-refractivity contribution in [2.24, 2.45) is 11.5 Å². The van der Waals surface area contributed by atoms with Gasteiger partial charge in [0, 0.05) is 50.6 Å². The molecule has 4 heterocycles. The molecule has 10 aromatic rings. The highest BCUT2D eigenvalue weighted by Gasteiger charge is 2.52. The molecule has 634 valence electrons. The molecule has 121 heavy (non-hydrogen) atoms. The lowest BCUT2D eigenvalue weighted by atomic mass is 9.76. The Morgan fingerprint density at radius 3 is 1.08 bits per heavy atom. The van der Waals surface area contributed by atoms with E-state index in [1.165, 1.54) is 18.2 Å². The van der Waals surface area contributed by atoms with E-state index in [2.05, 4.69) is 31.9 Å². The number of carbonyl (C=O) groups is 4. The number of carbonyl (C=O) groups excluding carboxylic acids is 3. The second-order valence-electron chi connectivity index (χ2n) is 27.5. The summed E-state index contributed by atoms with van der Waals surface area (Å²) in [5.41, 5.74) is 20.9. The molecular formula is C86H92B4Br2FN3O25. The average Bonchev–Trinajstić information content (AvgIpc) is 1.63. The Morgan fingerprint density at radius 2 is 0.760 bits per heavy atom. The van der Waals surface area contributed by atoms with E-state index in [-0.39, 0.29) is 51.7 Å². The van der Waals surface area contributed by atoms with Gasteiger partial charge in [0.25, 0.3) is 5.97 Å². The summed E-state index contributed by atoms with van der Waals surface area (Å²) in [7, 11) is -3.71. The number of aliphatic carboxylic acids is 1. The molecule has 10 aromatic carbocycles. The highest BCUT2D eigenvalue weighted by atomic mass is 79.9. The number of carboxylic acid groups (broad SMARTS) is 1. The quantitative estimate of drug-likeness (QED) is 0.00549. The Bertz CT molecular complexity index is 4900. The van der Waals surface area contributed by atoms with Crippen LogP contribution < -0.4 is 57.0 Å². The van der Waals surface area contributed by atoms with Crippen molar-refractivity contribution in [1.82, 2.24) is 0 Å². The molecule has 0 aliphatic carbocycles. The predicted octanol–water partition coefficient (Wildman–Crippen LogP) is 10.6. The fourth-order valence-electron chi connectivity index (χ4n) is 11.7. The third-order valence-electron chi connectivity index (χ3n) is 18.4. The fourth-order valence-corrected chi connectivity index (χ4v) is 12.6. The molecule has 3 atom stereocenters. The van der Waals surface area contributed by atoms with Crippen molar-refractivity contribution >= 4 is 107 Å². The highest BCUT2D eigenvalue weighted by Crippen LogP contribution is 2.37. The summed E-state index contributed by atoms with van der Waals surface area (Å²) < 4.78 is 90.4. The number of nitrogens with zero attached hydrogens (tertiary/aromatic N) is 1. The number of hydrogen-bond donors (Lipinski definition) is 7. The van der Waals surface area contributed by atoms with E-state index in [0.717, 1.165) is 52.9 Å². The Morgan fingerprint density at radius 1 is 0.463 bits per heavy atom. The van der Waals surface area contributed by atoms with E-state index in [0.29, 0.717) is 128 Å². The first-order valence-corrected chi connectivity index (χ1v) is 39.3. The minimum Gasteiger partial charge on any atom is -0.481 e. The summed E-state index contributed by atoms with van der Waals surface area (Å²) in [6.07, 6.45) is 0.999. The molecule has 1 saturated heterocycles. The van der Waals surface area contributed by atoms with Gasteiger partial charge in [0.2, 0.25) is 6.54 Å². The second kappa shape index (κ2) is 49.5. The molecular weight excluding hydrogens is 1700 g/mol. The maximum absolute atomic E-state index is 12.3. The Hall–Kier alpha value is -10.4. The molecule has 0 aromatic heterocycles. The van der Waals surface area contributed by atoms with Gasteiger partial charge in [-0.1, -0.05) is 140 Å². The van der Waals surface area contributed by atoms with Crippen LogP contribution in [0.1, 0.15) is 123 Å². The number of aliphatic hydroxyl groups excluding tert-OH is 1. The molecule has 0 bridgehead atoms. The van der Waals surface area contributed by atoms with Gasteiger partial charge in [0.1, 0.15) is 47.0 Å². The van der Waals surface area contributed by atoms with Gasteiger partial charge in [-0.25, -0.2) is 4.39 Å². The topological polar surface area (TPSA) is 394 Å². The van der Waals surface area contributed by atoms with Crippen LogP contribution in [0.5, 0.6) is 28.7 Å². The number of nitro groups is 1. The number of fused-ring (bicyclic) bond motifs is 3. The lowest BCUT2D eigenvalue weighted by Crippen LogP contribution is -2.41. The van der Waals surface area contributed by atoms with E-state index in [1.807, 2.05) is 161 Å². The Balaban J connectivity index is 0.000000182. The molecule has 0 spiro atoms. The van der Waals surface area contributed by atoms with Crippen molar-refractivity contribution in [2.45, 2.75) is 90.6 Å². The molecule has 9 N–H and O–H groups in total. The molecule has 1 fully saturated rings. The molecule has 3 unspecified atom stereocenters. The van der Waals surface area contributed by atoms with Crippen LogP contribution in [-0.4, -0.2) is 148 Å². The maximum Gasteiger partial charge on any atom is 0.495 e. The number of carboxylic acids is 1. The van der Waals surface area contributed by atoms with Gasteiger partial charge in [-0.15, -0.1) is 0 Å². The number of nitrogens with two attached hydrogens (primary N) is 2. The van der Waals surface area contributed by atoms with Crippen LogP contribution in [0.15, 0.2) is 239 Å². The zero-order valence-corrected chi connectivity index (χ0v) is 70.0. The van der Waals surface area contributed by atoms with Gasteiger partial charge < -0.3 is 103 Å². The van der Waals surface area contributed by atoms with Crippen LogP contribution in [-0.2, 0) is 73.4 Å².